The molecule has 0 spiro atoms. The highest BCUT2D eigenvalue weighted by atomic mass is 35.5. The minimum Gasteiger partial charge on any atom is -0.462 e. The molecule has 18 heavy (non-hydrogen) atoms. The van der Waals surface area contributed by atoms with Crippen LogP contribution >= 0.6 is 11.6 Å². The first kappa shape index (κ1) is 15.7. The molecule has 0 radical (unpaired) electrons. The molecule has 1 saturated heterocycles. The summed E-state index contributed by atoms with van der Waals surface area (Å²) in [5, 5.41) is 20.0. The fraction of sp³-hybridized carbons (Fsp3) is 0.917. The molecular formula is C12H22ClNO4. The molecule has 1 fully saturated rings. The van der Waals surface area contributed by atoms with Crippen molar-refractivity contribution in [3.8, 4) is 0 Å². The second-order valence-corrected chi connectivity index (χ2v) is 6.63. The third kappa shape index (κ3) is 3.35. The van der Waals surface area contributed by atoms with Gasteiger partial charge in [-0.15, -0.1) is 0 Å². The van der Waals surface area contributed by atoms with Gasteiger partial charge in [0, 0.05) is 18.4 Å². The second-order valence-electron chi connectivity index (χ2n) is 5.82. The molecule has 1 heterocycles. The molecular weight excluding hydrogens is 258 g/mol. The summed E-state index contributed by atoms with van der Waals surface area (Å²) in [6, 6.07) is 0. The first-order chi connectivity index (χ1) is 8.10. The molecule has 1 rings (SSSR count). The van der Waals surface area contributed by atoms with E-state index in [2.05, 4.69) is 0 Å². The predicted octanol–water partition coefficient (Wildman–Crippen LogP) is 1.75. The van der Waals surface area contributed by atoms with Gasteiger partial charge in [0.15, 0.2) is 0 Å². The van der Waals surface area contributed by atoms with Crippen LogP contribution in [0.3, 0.4) is 0 Å². The summed E-state index contributed by atoms with van der Waals surface area (Å²) >= 11 is 6.23. The second kappa shape index (κ2) is 5.33. The Morgan fingerprint density at radius 3 is 2.50 bits per heavy atom. The van der Waals surface area contributed by atoms with Crippen LogP contribution in [0, 0.1) is 5.92 Å². The molecule has 1 aliphatic heterocycles. The number of hydrogen-bond donors (Lipinski definition) is 2. The van der Waals surface area contributed by atoms with Crippen molar-refractivity contribution in [2.75, 3.05) is 6.61 Å². The van der Waals surface area contributed by atoms with Crippen LogP contribution in [0.4, 0.5) is 0 Å². The Hall–Kier alpha value is -0.360. The summed E-state index contributed by atoms with van der Waals surface area (Å²) < 4.78 is 5.34. The lowest BCUT2D eigenvalue weighted by atomic mass is 9.86. The maximum Gasteiger partial charge on any atom is 0.311 e. The van der Waals surface area contributed by atoms with E-state index in [1.165, 1.54) is 0 Å². The van der Waals surface area contributed by atoms with Crippen molar-refractivity contribution in [3.05, 3.63) is 0 Å². The van der Waals surface area contributed by atoms with Gasteiger partial charge in [-0.2, -0.15) is 5.06 Å². The van der Waals surface area contributed by atoms with Gasteiger partial charge < -0.3 is 15.1 Å². The van der Waals surface area contributed by atoms with Crippen LogP contribution in [0.5, 0.6) is 0 Å². The Labute approximate surface area is 113 Å². The number of nitrogens with zero attached hydrogens (tertiary/aromatic N) is 1. The van der Waals surface area contributed by atoms with Crippen molar-refractivity contribution in [1.29, 1.82) is 0 Å². The van der Waals surface area contributed by atoms with Crippen LogP contribution in [0.25, 0.3) is 0 Å². The molecule has 0 aromatic heterocycles. The minimum absolute atomic E-state index is 0.237. The summed E-state index contributed by atoms with van der Waals surface area (Å²) in [7, 11) is 0. The number of alkyl halides is 1. The summed E-state index contributed by atoms with van der Waals surface area (Å²) in [4.78, 5) is 10.7. The number of rotatable bonds is 3. The van der Waals surface area contributed by atoms with Gasteiger partial charge in [0.2, 0.25) is 0 Å². The normalized spacial score (nSPS) is 34.1. The molecule has 0 aliphatic carbocycles. The molecule has 1 aliphatic rings. The average Bonchev–Trinajstić information content (AvgIpc) is 2.23. The molecule has 5 nitrogen and oxygen atoms in total. The fourth-order valence-corrected chi connectivity index (χ4v) is 2.69. The molecule has 106 valence electrons. The van der Waals surface area contributed by atoms with Gasteiger partial charge in [0.25, 0.3) is 0 Å². The van der Waals surface area contributed by atoms with Crippen molar-refractivity contribution < 1.29 is 19.8 Å². The third-order valence-electron chi connectivity index (χ3n) is 3.30. The SMILES string of the molecule is CC(CO)C(=O)OC1CC(C)(C)N(O)C(C)(Cl)C1. The van der Waals surface area contributed by atoms with E-state index in [0.29, 0.717) is 12.8 Å². The van der Waals surface area contributed by atoms with E-state index in [0.717, 1.165) is 5.06 Å². The lowest BCUT2D eigenvalue weighted by Crippen LogP contribution is -2.59. The van der Waals surface area contributed by atoms with Crippen LogP contribution in [0.1, 0.15) is 40.5 Å². The van der Waals surface area contributed by atoms with E-state index in [1.54, 1.807) is 13.8 Å². The van der Waals surface area contributed by atoms with E-state index in [-0.39, 0.29) is 12.7 Å². The highest BCUT2D eigenvalue weighted by Gasteiger charge is 2.48. The van der Waals surface area contributed by atoms with Gasteiger partial charge in [-0.05, 0) is 27.7 Å². The number of esters is 1. The summed E-state index contributed by atoms with van der Waals surface area (Å²) in [6.07, 6.45) is 0.487. The number of ether oxygens (including phenoxy) is 1. The predicted molar refractivity (Wildman–Crippen MR) is 67.3 cm³/mol. The van der Waals surface area contributed by atoms with Gasteiger partial charge in [0.1, 0.15) is 11.1 Å². The molecule has 3 unspecified atom stereocenters. The average molecular weight is 280 g/mol. The fourth-order valence-electron chi connectivity index (χ4n) is 2.29. The van der Waals surface area contributed by atoms with E-state index < -0.39 is 22.4 Å². The number of carbonyl (C=O) groups is 1. The smallest absolute Gasteiger partial charge is 0.311 e. The third-order valence-corrected chi connectivity index (χ3v) is 3.62. The van der Waals surface area contributed by atoms with Crippen molar-refractivity contribution in [2.45, 2.75) is 57.2 Å². The maximum absolute atomic E-state index is 11.6. The zero-order valence-electron chi connectivity index (χ0n) is 11.3. The quantitative estimate of drug-likeness (QED) is 0.468. The largest absolute Gasteiger partial charge is 0.462 e. The molecule has 0 saturated carbocycles. The molecule has 3 atom stereocenters. The van der Waals surface area contributed by atoms with Crippen LogP contribution in [0.2, 0.25) is 0 Å². The molecule has 0 bridgehead atoms. The number of carbonyl (C=O) groups excluding carboxylic acids is 1. The van der Waals surface area contributed by atoms with Gasteiger partial charge in [-0.25, -0.2) is 0 Å². The Morgan fingerprint density at radius 1 is 1.50 bits per heavy atom. The number of hydroxylamine groups is 2. The van der Waals surface area contributed by atoms with Crippen LogP contribution in [-0.2, 0) is 9.53 Å². The Balaban J connectivity index is 2.72. The molecule has 6 heteroatoms. The Bertz CT molecular complexity index is 301. The van der Waals surface area contributed by atoms with Crippen molar-refractivity contribution in [2.24, 2.45) is 5.92 Å². The van der Waals surface area contributed by atoms with Crippen molar-refractivity contribution in [3.63, 3.8) is 0 Å². The Kier molecular flexibility index (Phi) is 4.65. The molecule has 2 N–H and O–H groups in total. The number of aliphatic hydroxyl groups excluding tert-OH is 1. The standard InChI is InChI=1S/C12H22ClNO4/c1-8(7-15)10(16)18-9-5-11(2,3)14(17)12(4,13)6-9/h8-9,15,17H,5-7H2,1-4H3. The lowest BCUT2D eigenvalue weighted by Gasteiger charge is -2.49. The monoisotopic (exact) mass is 279 g/mol. The topological polar surface area (TPSA) is 70.0 Å². The van der Waals surface area contributed by atoms with E-state index in [9.17, 15) is 10.0 Å². The highest BCUT2D eigenvalue weighted by molar-refractivity contribution is 6.23. The van der Waals surface area contributed by atoms with Gasteiger partial charge >= 0.3 is 5.97 Å². The van der Waals surface area contributed by atoms with E-state index >= 15 is 0 Å². The lowest BCUT2D eigenvalue weighted by molar-refractivity contribution is -0.241. The zero-order chi connectivity index (χ0) is 14.1. The number of hydrogen-bond acceptors (Lipinski definition) is 5. The molecule has 0 aromatic rings. The van der Waals surface area contributed by atoms with Gasteiger partial charge in [-0.1, -0.05) is 11.6 Å². The van der Waals surface area contributed by atoms with Crippen LogP contribution in [0.15, 0.2) is 0 Å². The summed E-state index contributed by atoms with van der Waals surface area (Å²) in [5.41, 5.74) is -0.567. The summed E-state index contributed by atoms with van der Waals surface area (Å²) in [5.74, 6) is -0.973. The van der Waals surface area contributed by atoms with Crippen molar-refractivity contribution >= 4 is 17.6 Å². The van der Waals surface area contributed by atoms with E-state index in [1.807, 2.05) is 13.8 Å². The minimum atomic E-state index is -0.963. The maximum atomic E-state index is 11.6. The Morgan fingerprint density at radius 2 is 2.06 bits per heavy atom. The highest BCUT2D eigenvalue weighted by Crippen LogP contribution is 2.40. The van der Waals surface area contributed by atoms with Gasteiger partial charge in [0.05, 0.1) is 12.5 Å². The first-order valence-electron chi connectivity index (χ1n) is 6.09. The number of aliphatic hydroxyl groups is 1. The first-order valence-corrected chi connectivity index (χ1v) is 6.47. The van der Waals surface area contributed by atoms with E-state index in [4.69, 9.17) is 21.4 Å². The summed E-state index contributed by atoms with van der Waals surface area (Å²) in [6.45, 7) is 6.73. The van der Waals surface area contributed by atoms with Crippen LogP contribution in [-0.4, -0.2) is 44.6 Å². The molecule has 0 amide bonds. The van der Waals surface area contributed by atoms with Gasteiger partial charge in [-0.3, -0.25) is 4.79 Å². The van der Waals surface area contributed by atoms with Crippen LogP contribution < -0.4 is 0 Å². The van der Waals surface area contributed by atoms with Crippen molar-refractivity contribution in [1.82, 2.24) is 5.06 Å². The molecule has 0 aromatic carbocycles. The number of piperidine rings is 1. The number of halogens is 1. The zero-order valence-corrected chi connectivity index (χ0v) is 12.1.